The monoisotopic (exact) mass is 429 g/mol. The third-order valence-corrected chi connectivity index (χ3v) is 7.43. The highest BCUT2D eigenvalue weighted by Gasteiger charge is 2.39. The van der Waals surface area contributed by atoms with Crippen LogP contribution in [0.2, 0.25) is 0 Å². The largest absolute Gasteiger partial charge is 0.329 e. The van der Waals surface area contributed by atoms with Gasteiger partial charge in [0.2, 0.25) is 5.78 Å². The molecule has 2 aliphatic heterocycles. The summed E-state index contributed by atoms with van der Waals surface area (Å²) in [6, 6.07) is 0.0464. The second-order valence-corrected chi connectivity index (χ2v) is 10.7. The first-order valence-electron chi connectivity index (χ1n) is 13.0. The van der Waals surface area contributed by atoms with Crippen molar-refractivity contribution in [2.24, 2.45) is 5.41 Å². The number of carbonyl (C=O) groups is 2. The summed E-state index contributed by atoms with van der Waals surface area (Å²) in [6.45, 7) is 13.2. The van der Waals surface area contributed by atoms with Gasteiger partial charge < -0.3 is 4.90 Å². The molecule has 0 aromatic heterocycles. The zero-order chi connectivity index (χ0) is 22.7. The van der Waals surface area contributed by atoms with Crippen LogP contribution in [0.25, 0.3) is 0 Å². The molecule has 0 unspecified atom stereocenters. The molecule has 0 aromatic carbocycles. The quantitative estimate of drug-likeness (QED) is 0.294. The average Bonchev–Trinajstić information content (AvgIpc) is 2.76. The lowest BCUT2D eigenvalue weighted by Crippen LogP contribution is -2.50. The minimum atomic E-state index is -0.637. The summed E-state index contributed by atoms with van der Waals surface area (Å²) in [4.78, 5) is 28.3. The predicted molar refractivity (Wildman–Crippen MR) is 131 cm³/mol. The van der Waals surface area contributed by atoms with Crippen LogP contribution in [0.5, 0.6) is 0 Å². The Morgan fingerprint density at radius 3 is 1.90 bits per heavy atom. The number of amides is 1. The van der Waals surface area contributed by atoms with Crippen molar-refractivity contribution in [1.82, 2.24) is 4.90 Å². The van der Waals surface area contributed by atoms with Crippen molar-refractivity contribution in [3.63, 3.8) is 0 Å². The van der Waals surface area contributed by atoms with E-state index in [0.29, 0.717) is 13.0 Å². The van der Waals surface area contributed by atoms with E-state index in [2.05, 4.69) is 13.2 Å². The van der Waals surface area contributed by atoms with Gasteiger partial charge in [-0.2, -0.15) is 0 Å². The molecular formula is C28H47NO2. The second kappa shape index (κ2) is 13.2. The molecule has 3 nitrogen and oxygen atoms in total. The van der Waals surface area contributed by atoms with Crippen molar-refractivity contribution in [3.05, 3.63) is 24.3 Å². The Balaban J connectivity index is 2.05. The Hall–Kier alpha value is -1.38. The highest BCUT2D eigenvalue weighted by molar-refractivity contribution is 6.38. The molecule has 0 bridgehead atoms. The van der Waals surface area contributed by atoms with E-state index in [4.69, 9.17) is 0 Å². The first-order chi connectivity index (χ1) is 14.8. The van der Waals surface area contributed by atoms with Crippen LogP contribution in [0.3, 0.4) is 0 Å². The number of fused-ring (bicyclic) bond motifs is 1. The standard InChI is InChI=1S/C28H47NO2/c1-23-17-13-11-9-7-5-6-8-10-12-14-18-24(2)25-19-15-16-22-29(25)27(31)26(30)28(3,4)21-20-23/h25H,1-2,5-22H2,3-4H3/t25-/m0/s1. The minimum Gasteiger partial charge on any atom is -0.329 e. The van der Waals surface area contributed by atoms with Crippen LogP contribution in [-0.2, 0) is 9.59 Å². The fourth-order valence-corrected chi connectivity index (χ4v) is 5.05. The molecule has 1 atom stereocenters. The molecule has 31 heavy (non-hydrogen) atoms. The average molecular weight is 430 g/mol. The normalized spacial score (nSPS) is 26.8. The van der Waals surface area contributed by atoms with Gasteiger partial charge in [-0.1, -0.05) is 89.5 Å². The molecule has 0 radical (unpaired) electrons. The summed E-state index contributed by atoms with van der Waals surface area (Å²) in [7, 11) is 0. The van der Waals surface area contributed by atoms with Gasteiger partial charge in [0.25, 0.3) is 5.91 Å². The molecule has 1 amide bonds. The van der Waals surface area contributed by atoms with Gasteiger partial charge in [0.1, 0.15) is 0 Å². The Labute approximate surface area is 191 Å². The number of rotatable bonds is 0. The number of nitrogens with zero attached hydrogens (tertiary/aromatic N) is 1. The van der Waals surface area contributed by atoms with Crippen molar-refractivity contribution in [2.45, 2.75) is 129 Å². The summed E-state index contributed by atoms with van der Waals surface area (Å²) < 4.78 is 0. The fraction of sp³-hybridized carbons (Fsp3) is 0.786. The highest BCUT2D eigenvalue weighted by Crippen LogP contribution is 2.31. The summed E-state index contributed by atoms with van der Waals surface area (Å²) in [5, 5.41) is 0. The van der Waals surface area contributed by atoms with Crippen molar-refractivity contribution in [1.29, 1.82) is 0 Å². The number of hydrogen-bond donors (Lipinski definition) is 0. The zero-order valence-electron chi connectivity index (χ0n) is 20.5. The highest BCUT2D eigenvalue weighted by atomic mass is 16.2. The van der Waals surface area contributed by atoms with Crippen LogP contribution >= 0.6 is 0 Å². The van der Waals surface area contributed by atoms with Crippen molar-refractivity contribution < 1.29 is 9.59 Å². The van der Waals surface area contributed by atoms with Gasteiger partial charge in [-0.25, -0.2) is 0 Å². The maximum absolute atomic E-state index is 13.3. The SMILES string of the molecule is C=C1CCCCCCCCCCCCC(=C)[C@@H]2CCCCN2C(=O)C(=O)C(C)(C)CC1. The lowest BCUT2D eigenvalue weighted by Gasteiger charge is -2.38. The number of hydrogen-bond acceptors (Lipinski definition) is 2. The minimum absolute atomic E-state index is 0.0464. The van der Waals surface area contributed by atoms with Crippen LogP contribution in [0, 0.1) is 5.41 Å². The Morgan fingerprint density at radius 2 is 1.29 bits per heavy atom. The lowest BCUT2D eigenvalue weighted by atomic mass is 9.80. The summed E-state index contributed by atoms with van der Waals surface area (Å²) in [5.41, 5.74) is 1.74. The van der Waals surface area contributed by atoms with E-state index < -0.39 is 5.41 Å². The van der Waals surface area contributed by atoms with E-state index >= 15 is 0 Å². The molecule has 0 spiro atoms. The van der Waals surface area contributed by atoms with Gasteiger partial charge >= 0.3 is 0 Å². The molecule has 2 aliphatic rings. The molecule has 2 heterocycles. The molecule has 0 aromatic rings. The van der Waals surface area contributed by atoms with E-state index in [0.717, 1.165) is 50.5 Å². The van der Waals surface area contributed by atoms with Crippen LogP contribution in [0.4, 0.5) is 0 Å². The van der Waals surface area contributed by atoms with Gasteiger partial charge in [-0.3, -0.25) is 9.59 Å². The van der Waals surface area contributed by atoms with Crippen LogP contribution in [0.15, 0.2) is 24.3 Å². The third kappa shape index (κ3) is 8.58. The Bertz CT molecular complexity index is 619. The van der Waals surface area contributed by atoms with Crippen molar-refractivity contribution >= 4 is 11.7 Å². The van der Waals surface area contributed by atoms with E-state index in [9.17, 15) is 9.59 Å². The molecule has 2 fully saturated rings. The van der Waals surface area contributed by atoms with E-state index in [1.165, 1.54) is 63.4 Å². The van der Waals surface area contributed by atoms with Gasteiger partial charge in [-0.15, -0.1) is 0 Å². The maximum atomic E-state index is 13.3. The molecule has 2 rings (SSSR count). The van der Waals surface area contributed by atoms with E-state index in [1.807, 2.05) is 18.7 Å². The number of allylic oxidation sites excluding steroid dienone is 1. The topological polar surface area (TPSA) is 37.4 Å². The van der Waals surface area contributed by atoms with Gasteiger partial charge in [0, 0.05) is 12.0 Å². The fourth-order valence-electron chi connectivity index (χ4n) is 5.05. The van der Waals surface area contributed by atoms with Crippen LogP contribution in [-0.4, -0.2) is 29.2 Å². The lowest BCUT2D eigenvalue weighted by molar-refractivity contribution is -0.151. The number of ketones is 1. The van der Waals surface area contributed by atoms with Crippen molar-refractivity contribution in [3.8, 4) is 0 Å². The van der Waals surface area contributed by atoms with Crippen LogP contribution in [0.1, 0.15) is 123 Å². The smallest absolute Gasteiger partial charge is 0.291 e. The van der Waals surface area contributed by atoms with Crippen LogP contribution < -0.4 is 0 Å². The maximum Gasteiger partial charge on any atom is 0.291 e. The zero-order valence-corrected chi connectivity index (χ0v) is 20.5. The first-order valence-corrected chi connectivity index (χ1v) is 13.0. The molecule has 176 valence electrons. The Morgan fingerprint density at radius 1 is 0.742 bits per heavy atom. The third-order valence-electron chi connectivity index (χ3n) is 7.43. The molecule has 3 heteroatoms. The number of Topliss-reactive ketones (excluding diaryl/α,β-unsaturated/α-hetero) is 1. The molecule has 0 N–H and O–H groups in total. The molecular weight excluding hydrogens is 382 g/mol. The number of carbonyl (C=O) groups excluding carboxylic acids is 2. The van der Waals surface area contributed by atoms with Crippen molar-refractivity contribution in [2.75, 3.05) is 6.54 Å². The van der Waals surface area contributed by atoms with Gasteiger partial charge in [-0.05, 0) is 57.8 Å². The van der Waals surface area contributed by atoms with E-state index in [1.54, 1.807) is 0 Å². The summed E-state index contributed by atoms with van der Waals surface area (Å²) >= 11 is 0. The Kier molecular flexibility index (Phi) is 11.0. The molecule has 0 saturated carbocycles. The summed E-state index contributed by atoms with van der Waals surface area (Å²) in [5.74, 6) is -0.516. The predicted octanol–water partition coefficient (Wildman–Crippen LogP) is 7.55. The van der Waals surface area contributed by atoms with E-state index in [-0.39, 0.29) is 17.7 Å². The molecule has 2 saturated heterocycles. The number of piperidine rings is 1. The second-order valence-electron chi connectivity index (χ2n) is 10.7. The van der Waals surface area contributed by atoms with Gasteiger partial charge in [0.15, 0.2) is 0 Å². The van der Waals surface area contributed by atoms with Gasteiger partial charge in [0.05, 0.1) is 6.04 Å². The first kappa shape index (κ1) is 25.9. The summed E-state index contributed by atoms with van der Waals surface area (Å²) in [6.07, 6.45) is 19.5. The molecule has 0 aliphatic carbocycles.